The van der Waals surface area contributed by atoms with Gasteiger partial charge in [-0.25, -0.2) is 10.8 Å². The topological polar surface area (TPSA) is 89.8 Å². The third-order valence-electron chi connectivity index (χ3n) is 2.71. The lowest BCUT2D eigenvalue weighted by molar-refractivity contribution is 1.19. The van der Waals surface area contributed by atoms with E-state index in [-0.39, 0.29) is 5.95 Å². The van der Waals surface area contributed by atoms with Crippen molar-refractivity contribution in [1.82, 2.24) is 9.97 Å². The molecule has 2 aromatic heterocycles. The van der Waals surface area contributed by atoms with E-state index in [0.717, 1.165) is 25.1 Å². The molecule has 0 aliphatic heterocycles. The van der Waals surface area contributed by atoms with Crippen LogP contribution in [0.1, 0.15) is 0 Å². The monoisotopic (exact) mass is 335 g/mol. The minimum Gasteiger partial charge on any atom is -0.368 e. The summed E-state index contributed by atoms with van der Waals surface area (Å²) in [6, 6.07) is 10.0. The molecule has 0 radical (unpaired) electrons. The van der Waals surface area contributed by atoms with Gasteiger partial charge in [-0.1, -0.05) is 6.07 Å². The van der Waals surface area contributed by atoms with Crippen molar-refractivity contribution in [2.45, 2.75) is 0 Å². The number of benzene rings is 1. The van der Waals surface area contributed by atoms with Crippen molar-refractivity contribution in [1.29, 1.82) is 0 Å². The first-order valence-corrected chi connectivity index (χ1v) is 7.08. The van der Waals surface area contributed by atoms with Crippen LogP contribution in [0.2, 0.25) is 0 Å². The lowest BCUT2D eigenvalue weighted by atomic mass is 10.1. The van der Waals surface area contributed by atoms with Crippen molar-refractivity contribution in [2.24, 2.45) is 5.84 Å². The van der Waals surface area contributed by atoms with Gasteiger partial charge in [0.1, 0.15) is 0 Å². The Morgan fingerprint density at radius 3 is 2.68 bits per heavy atom. The normalized spacial score (nSPS) is 10.8. The molecule has 0 bridgehead atoms. The number of anilines is 2. The average Bonchev–Trinajstić information content (AvgIpc) is 2.84. The lowest BCUT2D eigenvalue weighted by Gasteiger charge is -2.07. The summed E-state index contributed by atoms with van der Waals surface area (Å²) in [5.74, 6) is 6.21. The SMILES string of the molecule is NNc1nc(N)nc2ccc(-c3ccc(Br)s3)cc12. The van der Waals surface area contributed by atoms with E-state index in [4.69, 9.17) is 11.6 Å². The van der Waals surface area contributed by atoms with Crippen LogP contribution in [-0.4, -0.2) is 9.97 Å². The quantitative estimate of drug-likeness (QED) is 0.494. The van der Waals surface area contributed by atoms with E-state index in [0.29, 0.717) is 5.82 Å². The van der Waals surface area contributed by atoms with E-state index in [2.05, 4.69) is 37.4 Å². The first kappa shape index (κ1) is 12.3. The van der Waals surface area contributed by atoms with Crippen LogP contribution >= 0.6 is 27.3 Å². The van der Waals surface area contributed by atoms with Crippen LogP contribution in [0.4, 0.5) is 11.8 Å². The van der Waals surface area contributed by atoms with Gasteiger partial charge in [-0.05, 0) is 45.8 Å². The van der Waals surface area contributed by atoms with E-state index >= 15 is 0 Å². The molecular weight excluding hydrogens is 326 g/mol. The zero-order valence-electron chi connectivity index (χ0n) is 9.72. The molecule has 0 atom stereocenters. The summed E-state index contributed by atoms with van der Waals surface area (Å²) in [5, 5.41) is 0.846. The molecule has 5 nitrogen and oxygen atoms in total. The van der Waals surface area contributed by atoms with E-state index in [1.165, 1.54) is 0 Å². The molecule has 19 heavy (non-hydrogen) atoms. The molecule has 7 heteroatoms. The largest absolute Gasteiger partial charge is 0.368 e. The smallest absolute Gasteiger partial charge is 0.222 e. The number of rotatable bonds is 2. The van der Waals surface area contributed by atoms with Crippen molar-refractivity contribution in [2.75, 3.05) is 11.2 Å². The Kier molecular flexibility index (Phi) is 3.09. The number of nitrogens with two attached hydrogens (primary N) is 2. The van der Waals surface area contributed by atoms with Gasteiger partial charge in [0.05, 0.1) is 9.30 Å². The predicted octanol–water partition coefficient (Wildman–Crippen LogP) is 2.99. The third kappa shape index (κ3) is 2.27. The fraction of sp³-hybridized carbons (Fsp3) is 0. The fourth-order valence-electron chi connectivity index (χ4n) is 1.88. The van der Waals surface area contributed by atoms with Crippen LogP contribution in [0, 0.1) is 0 Å². The minimum atomic E-state index is 0.201. The van der Waals surface area contributed by atoms with Crippen molar-refractivity contribution in [3.05, 3.63) is 34.1 Å². The van der Waals surface area contributed by atoms with Gasteiger partial charge >= 0.3 is 0 Å². The van der Waals surface area contributed by atoms with Crippen LogP contribution in [0.15, 0.2) is 34.1 Å². The molecule has 0 amide bonds. The summed E-state index contributed by atoms with van der Waals surface area (Å²) in [6.45, 7) is 0. The number of hydrogen-bond donors (Lipinski definition) is 3. The molecule has 3 rings (SSSR count). The maximum absolute atomic E-state index is 5.63. The maximum Gasteiger partial charge on any atom is 0.222 e. The second-order valence-corrected chi connectivity index (χ2v) is 6.37. The summed E-state index contributed by atoms with van der Waals surface area (Å²) in [7, 11) is 0. The van der Waals surface area contributed by atoms with E-state index in [9.17, 15) is 0 Å². The summed E-state index contributed by atoms with van der Waals surface area (Å²) in [4.78, 5) is 9.43. The number of nitrogens with zero attached hydrogens (tertiary/aromatic N) is 2. The van der Waals surface area contributed by atoms with Gasteiger partial charge in [0.15, 0.2) is 5.82 Å². The highest BCUT2D eigenvalue weighted by molar-refractivity contribution is 9.11. The van der Waals surface area contributed by atoms with Crippen molar-refractivity contribution in [3.8, 4) is 10.4 Å². The summed E-state index contributed by atoms with van der Waals surface area (Å²) < 4.78 is 1.09. The zero-order chi connectivity index (χ0) is 13.4. The number of hydrazine groups is 1. The number of thiophene rings is 1. The Bertz CT molecular complexity index is 755. The molecule has 96 valence electrons. The van der Waals surface area contributed by atoms with Crippen LogP contribution in [0.25, 0.3) is 21.3 Å². The van der Waals surface area contributed by atoms with Gasteiger partial charge in [0, 0.05) is 10.3 Å². The Balaban J connectivity index is 2.22. The Labute approximate surface area is 121 Å². The predicted molar refractivity (Wildman–Crippen MR) is 82.8 cm³/mol. The first-order chi connectivity index (χ1) is 9.17. The molecule has 2 heterocycles. The molecular formula is C12H10BrN5S. The summed E-state index contributed by atoms with van der Waals surface area (Å²) >= 11 is 5.13. The van der Waals surface area contributed by atoms with Gasteiger partial charge in [0.2, 0.25) is 5.95 Å². The van der Waals surface area contributed by atoms with Crippen molar-refractivity contribution >= 4 is 49.9 Å². The van der Waals surface area contributed by atoms with Gasteiger partial charge in [0.25, 0.3) is 0 Å². The van der Waals surface area contributed by atoms with Gasteiger partial charge in [-0.3, -0.25) is 0 Å². The summed E-state index contributed by atoms with van der Waals surface area (Å²) in [5.41, 5.74) is 10.0. The highest BCUT2D eigenvalue weighted by Gasteiger charge is 2.08. The molecule has 3 aromatic rings. The molecule has 0 aliphatic rings. The first-order valence-electron chi connectivity index (χ1n) is 5.47. The highest BCUT2D eigenvalue weighted by atomic mass is 79.9. The van der Waals surface area contributed by atoms with Crippen molar-refractivity contribution < 1.29 is 0 Å². The van der Waals surface area contributed by atoms with E-state index in [1.54, 1.807) is 11.3 Å². The zero-order valence-corrected chi connectivity index (χ0v) is 12.1. The van der Waals surface area contributed by atoms with Crippen LogP contribution in [0.5, 0.6) is 0 Å². The van der Waals surface area contributed by atoms with Crippen molar-refractivity contribution in [3.63, 3.8) is 0 Å². The Hall–Kier alpha value is -1.70. The van der Waals surface area contributed by atoms with Crippen LogP contribution in [0.3, 0.4) is 0 Å². The second-order valence-electron chi connectivity index (χ2n) is 3.91. The maximum atomic E-state index is 5.63. The molecule has 0 unspecified atom stereocenters. The molecule has 0 saturated heterocycles. The number of halogens is 1. The molecule has 0 aliphatic carbocycles. The highest BCUT2D eigenvalue weighted by Crippen LogP contribution is 2.33. The number of hydrogen-bond acceptors (Lipinski definition) is 6. The lowest BCUT2D eigenvalue weighted by Crippen LogP contribution is -2.11. The van der Waals surface area contributed by atoms with E-state index in [1.807, 2.05) is 24.3 Å². The molecule has 5 N–H and O–H groups in total. The second kappa shape index (κ2) is 4.76. The van der Waals surface area contributed by atoms with Gasteiger partial charge in [-0.2, -0.15) is 4.98 Å². The van der Waals surface area contributed by atoms with Gasteiger partial charge in [-0.15, -0.1) is 11.3 Å². The summed E-state index contributed by atoms with van der Waals surface area (Å²) in [6.07, 6.45) is 0. The van der Waals surface area contributed by atoms with Gasteiger partial charge < -0.3 is 11.2 Å². The Morgan fingerprint density at radius 1 is 1.16 bits per heavy atom. The molecule has 0 fully saturated rings. The van der Waals surface area contributed by atoms with Crippen LogP contribution < -0.4 is 17.0 Å². The number of fused-ring (bicyclic) bond motifs is 1. The molecule has 1 aromatic carbocycles. The Morgan fingerprint density at radius 2 is 2.00 bits per heavy atom. The van der Waals surface area contributed by atoms with E-state index < -0.39 is 0 Å². The average molecular weight is 336 g/mol. The molecule has 0 saturated carbocycles. The number of nitrogen functional groups attached to an aromatic ring is 2. The van der Waals surface area contributed by atoms with Crippen LogP contribution in [-0.2, 0) is 0 Å². The number of aromatic nitrogens is 2. The standard InChI is InChI=1S/C12H10BrN5S/c13-10-4-3-9(19-10)6-1-2-8-7(5-6)11(18-15)17-12(14)16-8/h1-5H,15H2,(H3,14,16,17,18). The molecule has 0 spiro atoms. The third-order valence-corrected chi connectivity index (χ3v) is 4.38. The minimum absolute atomic E-state index is 0.201. The fourth-order valence-corrected chi connectivity index (χ4v) is 3.26. The number of nitrogens with one attached hydrogen (secondary N) is 1.